The predicted molar refractivity (Wildman–Crippen MR) is 70.7 cm³/mol. The largest absolute Gasteiger partial charge is 0.314 e. The summed E-state index contributed by atoms with van der Waals surface area (Å²) >= 11 is 5.96. The van der Waals surface area contributed by atoms with E-state index in [2.05, 4.69) is 24.2 Å². The Morgan fingerprint density at radius 2 is 2.31 bits per heavy atom. The summed E-state index contributed by atoms with van der Waals surface area (Å²) in [5.74, 6) is 2.69. The molecule has 0 aliphatic rings. The quantitative estimate of drug-likeness (QED) is 0.747. The van der Waals surface area contributed by atoms with Gasteiger partial charge in [-0.2, -0.15) is 0 Å². The first-order chi connectivity index (χ1) is 7.76. The number of hydrogen-bond acceptors (Lipinski definition) is 1. The number of nitrogens with one attached hydrogen (secondary N) is 1. The summed E-state index contributed by atoms with van der Waals surface area (Å²) in [7, 11) is 0. The molecule has 0 fully saturated rings. The van der Waals surface area contributed by atoms with E-state index in [0.717, 1.165) is 30.8 Å². The van der Waals surface area contributed by atoms with Crippen molar-refractivity contribution in [3.05, 3.63) is 34.9 Å². The minimum Gasteiger partial charge on any atom is -0.314 e. The van der Waals surface area contributed by atoms with Crippen LogP contribution in [0, 0.1) is 12.3 Å². The third-order valence-corrected chi connectivity index (χ3v) is 2.74. The number of rotatable bonds is 6. The molecule has 1 N–H and O–H groups in total. The van der Waals surface area contributed by atoms with Crippen LogP contribution in [0.15, 0.2) is 24.3 Å². The standard InChI is InChI=1S/C14H18ClN/c1-3-5-9-14(16-4-2)11-12-7-6-8-13(15)10-12/h1,6-8,10,14,16H,4-5,9,11H2,2H3. The molecule has 0 amide bonds. The maximum Gasteiger partial charge on any atom is 0.0408 e. The van der Waals surface area contributed by atoms with E-state index < -0.39 is 0 Å². The maximum atomic E-state index is 5.96. The summed E-state index contributed by atoms with van der Waals surface area (Å²) < 4.78 is 0. The molecule has 0 saturated carbocycles. The summed E-state index contributed by atoms with van der Waals surface area (Å²) in [6, 6.07) is 8.45. The molecule has 0 saturated heterocycles. The van der Waals surface area contributed by atoms with Gasteiger partial charge in [-0.1, -0.05) is 30.7 Å². The van der Waals surface area contributed by atoms with Gasteiger partial charge in [0.15, 0.2) is 0 Å². The molecule has 0 bridgehead atoms. The average molecular weight is 236 g/mol. The Morgan fingerprint density at radius 1 is 1.50 bits per heavy atom. The highest BCUT2D eigenvalue weighted by Gasteiger charge is 2.07. The van der Waals surface area contributed by atoms with Crippen LogP contribution in [-0.4, -0.2) is 12.6 Å². The molecule has 0 aliphatic heterocycles. The third kappa shape index (κ3) is 4.70. The van der Waals surface area contributed by atoms with Crippen LogP contribution in [0.25, 0.3) is 0 Å². The summed E-state index contributed by atoms with van der Waals surface area (Å²) in [5, 5.41) is 4.24. The molecule has 16 heavy (non-hydrogen) atoms. The molecule has 0 aromatic heterocycles. The lowest BCUT2D eigenvalue weighted by atomic mass is 10.0. The monoisotopic (exact) mass is 235 g/mol. The molecule has 1 nitrogen and oxygen atoms in total. The van der Waals surface area contributed by atoms with Crippen molar-refractivity contribution in [3.8, 4) is 12.3 Å². The van der Waals surface area contributed by atoms with E-state index in [4.69, 9.17) is 18.0 Å². The Kier molecular flexibility index (Phi) is 6.00. The highest BCUT2D eigenvalue weighted by Crippen LogP contribution is 2.13. The Hall–Kier alpha value is -0.970. The van der Waals surface area contributed by atoms with Crippen LogP contribution < -0.4 is 5.32 Å². The smallest absolute Gasteiger partial charge is 0.0408 e. The van der Waals surface area contributed by atoms with Gasteiger partial charge in [-0.15, -0.1) is 12.3 Å². The second kappa shape index (κ2) is 7.33. The zero-order chi connectivity index (χ0) is 11.8. The molecule has 0 heterocycles. The molecular formula is C14H18ClN. The van der Waals surface area contributed by atoms with Crippen molar-refractivity contribution in [3.63, 3.8) is 0 Å². The zero-order valence-electron chi connectivity index (χ0n) is 9.67. The summed E-state index contributed by atoms with van der Waals surface area (Å²) in [5.41, 5.74) is 1.26. The van der Waals surface area contributed by atoms with Gasteiger partial charge in [-0.25, -0.2) is 0 Å². The summed E-state index contributed by atoms with van der Waals surface area (Å²) in [4.78, 5) is 0. The average Bonchev–Trinajstić information content (AvgIpc) is 2.26. The van der Waals surface area contributed by atoms with Crippen LogP contribution in [0.5, 0.6) is 0 Å². The fraction of sp³-hybridized carbons (Fsp3) is 0.429. The van der Waals surface area contributed by atoms with Gasteiger partial charge in [-0.05, 0) is 37.1 Å². The molecule has 1 atom stereocenters. The molecule has 1 unspecified atom stereocenters. The van der Waals surface area contributed by atoms with E-state index in [1.165, 1.54) is 5.56 Å². The number of halogens is 1. The van der Waals surface area contributed by atoms with E-state index in [1.807, 2.05) is 18.2 Å². The minimum atomic E-state index is 0.444. The molecule has 86 valence electrons. The second-order valence-electron chi connectivity index (χ2n) is 3.83. The number of hydrogen-bond donors (Lipinski definition) is 1. The van der Waals surface area contributed by atoms with Gasteiger partial charge in [0.25, 0.3) is 0 Å². The van der Waals surface area contributed by atoms with Crippen LogP contribution >= 0.6 is 11.6 Å². The highest BCUT2D eigenvalue weighted by atomic mass is 35.5. The first-order valence-electron chi connectivity index (χ1n) is 5.67. The van der Waals surface area contributed by atoms with E-state index in [-0.39, 0.29) is 0 Å². The van der Waals surface area contributed by atoms with Crippen molar-refractivity contribution in [1.82, 2.24) is 5.32 Å². The van der Waals surface area contributed by atoms with Crippen LogP contribution in [0.3, 0.4) is 0 Å². The molecule has 2 heteroatoms. The normalized spacial score (nSPS) is 12.1. The van der Waals surface area contributed by atoms with E-state index in [0.29, 0.717) is 6.04 Å². The Balaban J connectivity index is 2.57. The van der Waals surface area contributed by atoms with Gasteiger partial charge in [0, 0.05) is 17.5 Å². The number of likely N-dealkylation sites (N-methyl/N-ethyl adjacent to an activating group) is 1. The van der Waals surface area contributed by atoms with Gasteiger partial charge in [-0.3, -0.25) is 0 Å². The van der Waals surface area contributed by atoms with Crippen molar-refractivity contribution in [2.75, 3.05) is 6.54 Å². The Bertz CT molecular complexity index is 354. The van der Waals surface area contributed by atoms with Gasteiger partial charge in [0.1, 0.15) is 0 Å². The molecular weight excluding hydrogens is 218 g/mol. The van der Waals surface area contributed by atoms with Crippen molar-refractivity contribution < 1.29 is 0 Å². The fourth-order valence-electron chi connectivity index (χ4n) is 1.77. The van der Waals surface area contributed by atoms with Gasteiger partial charge >= 0.3 is 0 Å². The Morgan fingerprint density at radius 3 is 2.94 bits per heavy atom. The number of benzene rings is 1. The predicted octanol–water partition coefficient (Wildman–Crippen LogP) is 3.27. The molecule has 1 aromatic rings. The first kappa shape index (κ1) is 13.1. The van der Waals surface area contributed by atoms with Crippen molar-refractivity contribution in [2.24, 2.45) is 0 Å². The first-order valence-corrected chi connectivity index (χ1v) is 6.05. The molecule has 0 spiro atoms. The van der Waals surface area contributed by atoms with Crippen LogP contribution in [0.2, 0.25) is 5.02 Å². The highest BCUT2D eigenvalue weighted by molar-refractivity contribution is 6.30. The lowest BCUT2D eigenvalue weighted by Gasteiger charge is -2.16. The summed E-state index contributed by atoms with van der Waals surface area (Å²) in [6.07, 6.45) is 8.10. The molecule has 1 rings (SSSR count). The maximum absolute atomic E-state index is 5.96. The number of terminal acetylenes is 1. The van der Waals surface area contributed by atoms with Gasteiger partial charge in [0.05, 0.1) is 0 Å². The van der Waals surface area contributed by atoms with Crippen molar-refractivity contribution in [1.29, 1.82) is 0 Å². The molecule has 1 aromatic carbocycles. The van der Waals surface area contributed by atoms with Crippen molar-refractivity contribution >= 4 is 11.6 Å². The molecule has 0 radical (unpaired) electrons. The SMILES string of the molecule is C#CCCC(Cc1cccc(Cl)c1)NCC. The van der Waals surface area contributed by atoms with E-state index in [9.17, 15) is 0 Å². The fourth-order valence-corrected chi connectivity index (χ4v) is 1.98. The van der Waals surface area contributed by atoms with Crippen LogP contribution in [0.4, 0.5) is 0 Å². The summed E-state index contributed by atoms with van der Waals surface area (Å²) in [6.45, 7) is 3.08. The zero-order valence-corrected chi connectivity index (χ0v) is 10.4. The van der Waals surface area contributed by atoms with Gasteiger partial charge < -0.3 is 5.32 Å². The van der Waals surface area contributed by atoms with E-state index >= 15 is 0 Å². The topological polar surface area (TPSA) is 12.0 Å². The van der Waals surface area contributed by atoms with Crippen molar-refractivity contribution in [2.45, 2.75) is 32.2 Å². The van der Waals surface area contributed by atoms with Crippen LogP contribution in [0.1, 0.15) is 25.3 Å². The minimum absolute atomic E-state index is 0.444. The lowest BCUT2D eigenvalue weighted by Crippen LogP contribution is -2.30. The second-order valence-corrected chi connectivity index (χ2v) is 4.27. The third-order valence-electron chi connectivity index (χ3n) is 2.50. The van der Waals surface area contributed by atoms with E-state index in [1.54, 1.807) is 0 Å². The Labute approximate surface area is 103 Å². The van der Waals surface area contributed by atoms with Crippen LogP contribution in [-0.2, 0) is 6.42 Å². The lowest BCUT2D eigenvalue weighted by molar-refractivity contribution is 0.497. The molecule has 0 aliphatic carbocycles. The van der Waals surface area contributed by atoms with Gasteiger partial charge in [0.2, 0.25) is 0 Å².